The van der Waals surface area contributed by atoms with Crippen LogP contribution in [-0.4, -0.2) is 20.6 Å². The lowest BCUT2D eigenvalue weighted by atomic mass is 10.1. The Morgan fingerprint density at radius 1 is 1.17 bits per heavy atom. The zero-order valence-electron chi connectivity index (χ0n) is 15.9. The lowest BCUT2D eigenvalue weighted by Crippen LogP contribution is -2.30. The monoisotopic (exact) mass is 403 g/mol. The molecule has 8 heteroatoms. The minimum absolute atomic E-state index is 0.192. The van der Waals surface area contributed by atoms with Crippen molar-refractivity contribution in [3.05, 3.63) is 76.5 Å². The van der Waals surface area contributed by atoms with E-state index in [0.717, 1.165) is 42.7 Å². The van der Waals surface area contributed by atoms with E-state index in [0.29, 0.717) is 5.76 Å². The van der Waals surface area contributed by atoms with Crippen LogP contribution in [0.15, 0.2) is 47.1 Å². The molecule has 2 heterocycles. The molecule has 3 aromatic rings. The van der Waals surface area contributed by atoms with Crippen LogP contribution in [0.2, 0.25) is 0 Å². The van der Waals surface area contributed by atoms with Gasteiger partial charge in [-0.05, 0) is 61.2 Å². The van der Waals surface area contributed by atoms with E-state index in [1.54, 1.807) is 17.0 Å². The predicted molar refractivity (Wildman–Crippen MR) is 99.0 cm³/mol. The van der Waals surface area contributed by atoms with Crippen molar-refractivity contribution >= 4 is 5.91 Å². The number of furan rings is 1. The summed E-state index contributed by atoms with van der Waals surface area (Å²) in [5.74, 6) is 0.227. The first kappa shape index (κ1) is 19.3. The van der Waals surface area contributed by atoms with Gasteiger partial charge in [0, 0.05) is 18.3 Å². The fourth-order valence-electron chi connectivity index (χ4n) is 3.78. The summed E-state index contributed by atoms with van der Waals surface area (Å²) in [6.07, 6.45) is 0.0169. The second-order valence-corrected chi connectivity index (χ2v) is 7.16. The van der Waals surface area contributed by atoms with Crippen LogP contribution in [-0.2, 0) is 39.2 Å². The third kappa shape index (κ3) is 3.92. The lowest BCUT2D eigenvalue weighted by Gasteiger charge is -2.21. The number of amides is 1. The maximum atomic E-state index is 13.1. The Bertz CT molecular complexity index is 1010. The van der Waals surface area contributed by atoms with Crippen molar-refractivity contribution in [3.63, 3.8) is 0 Å². The summed E-state index contributed by atoms with van der Waals surface area (Å²) in [6.45, 7) is 0.474. The van der Waals surface area contributed by atoms with Crippen molar-refractivity contribution in [2.24, 2.45) is 7.05 Å². The summed E-state index contributed by atoms with van der Waals surface area (Å²) in [4.78, 5) is 14.7. The summed E-state index contributed by atoms with van der Waals surface area (Å²) in [5, 5.41) is 4.57. The average molecular weight is 403 g/mol. The molecular weight excluding hydrogens is 383 g/mol. The minimum Gasteiger partial charge on any atom is -0.467 e. The number of rotatable bonds is 5. The number of nitrogens with zero attached hydrogens (tertiary/aromatic N) is 3. The highest BCUT2D eigenvalue weighted by molar-refractivity contribution is 5.94. The lowest BCUT2D eigenvalue weighted by molar-refractivity contribution is -0.137. The number of hydrogen-bond acceptors (Lipinski definition) is 3. The molecule has 1 amide bonds. The number of halogens is 3. The number of alkyl halides is 3. The highest BCUT2D eigenvalue weighted by atomic mass is 19.4. The van der Waals surface area contributed by atoms with Gasteiger partial charge in [-0.3, -0.25) is 9.48 Å². The Labute approximate surface area is 165 Å². The van der Waals surface area contributed by atoms with E-state index in [1.165, 1.54) is 24.1 Å². The molecule has 1 aliphatic rings. The summed E-state index contributed by atoms with van der Waals surface area (Å²) in [6, 6.07) is 7.77. The van der Waals surface area contributed by atoms with Crippen LogP contribution in [0.5, 0.6) is 0 Å². The summed E-state index contributed by atoms with van der Waals surface area (Å²) >= 11 is 0. The summed E-state index contributed by atoms with van der Waals surface area (Å²) < 4.78 is 45.7. The molecule has 0 aliphatic heterocycles. The van der Waals surface area contributed by atoms with Crippen LogP contribution in [0.4, 0.5) is 13.2 Å². The molecule has 0 saturated carbocycles. The van der Waals surface area contributed by atoms with Crippen LogP contribution < -0.4 is 0 Å². The molecule has 0 unspecified atom stereocenters. The number of benzene rings is 1. The highest BCUT2D eigenvalue weighted by Crippen LogP contribution is 2.30. The molecule has 152 valence electrons. The summed E-state index contributed by atoms with van der Waals surface area (Å²) in [7, 11) is 1.89. The number of carbonyl (C=O) groups excluding carboxylic acids is 1. The molecule has 0 fully saturated rings. The Kier molecular flexibility index (Phi) is 4.94. The van der Waals surface area contributed by atoms with Crippen molar-refractivity contribution in [1.29, 1.82) is 0 Å². The van der Waals surface area contributed by atoms with Gasteiger partial charge in [0.05, 0.1) is 30.6 Å². The van der Waals surface area contributed by atoms with E-state index in [4.69, 9.17) is 4.42 Å². The van der Waals surface area contributed by atoms with Gasteiger partial charge in [0.2, 0.25) is 0 Å². The molecule has 0 atom stereocenters. The normalized spacial score (nSPS) is 13.5. The van der Waals surface area contributed by atoms with Gasteiger partial charge >= 0.3 is 6.18 Å². The van der Waals surface area contributed by atoms with Crippen molar-refractivity contribution in [2.45, 2.75) is 38.5 Å². The largest absolute Gasteiger partial charge is 0.467 e. The molecular formula is C21H20F3N3O2. The minimum atomic E-state index is -4.44. The first-order valence-corrected chi connectivity index (χ1v) is 9.35. The number of aryl methyl sites for hydroxylation is 1. The molecule has 0 saturated heterocycles. The predicted octanol–water partition coefficient (Wildman–Crippen LogP) is 4.36. The average Bonchev–Trinajstić information content (AvgIpc) is 3.41. The van der Waals surface area contributed by atoms with Crippen LogP contribution in [0.25, 0.3) is 0 Å². The summed E-state index contributed by atoms with van der Waals surface area (Å²) in [5.41, 5.74) is 2.58. The second kappa shape index (κ2) is 7.42. The van der Waals surface area contributed by atoms with Gasteiger partial charge in [0.15, 0.2) is 0 Å². The first-order valence-electron chi connectivity index (χ1n) is 9.35. The third-order valence-electron chi connectivity index (χ3n) is 5.21. The number of aromatic nitrogens is 2. The van der Waals surface area contributed by atoms with Gasteiger partial charge in [0.25, 0.3) is 5.91 Å². The van der Waals surface area contributed by atoms with Crippen LogP contribution in [0.3, 0.4) is 0 Å². The molecule has 2 aromatic heterocycles. The van der Waals surface area contributed by atoms with Crippen LogP contribution >= 0.6 is 0 Å². The molecule has 29 heavy (non-hydrogen) atoms. The SMILES string of the molecule is Cn1nc(CN(Cc2ccco2)C(=O)c2ccc(C(F)(F)F)cc2)c2c1CCC2. The van der Waals surface area contributed by atoms with Gasteiger partial charge in [-0.1, -0.05) is 0 Å². The third-order valence-corrected chi connectivity index (χ3v) is 5.21. The van der Waals surface area contributed by atoms with Gasteiger partial charge in [-0.15, -0.1) is 0 Å². The molecule has 1 aromatic carbocycles. The first-order chi connectivity index (χ1) is 13.8. The molecule has 0 radical (unpaired) electrons. The Morgan fingerprint density at radius 2 is 1.93 bits per heavy atom. The quantitative estimate of drug-likeness (QED) is 0.636. The molecule has 0 bridgehead atoms. The van der Waals surface area contributed by atoms with E-state index in [-0.39, 0.29) is 24.6 Å². The smallest absolute Gasteiger partial charge is 0.416 e. The van der Waals surface area contributed by atoms with Crippen LogP contribution in [0, 0.1) is 0 Å². The molecule has 1 aliphatic carbocycles. The van der Waals surface area contributed by atoms with E-state index in [2.05, 4.69) is 5.10 Å². The maximum absolute atomic E-state index is 13.1. The maximum Gasteiger partial charge on any atom is 0.416 e. The topological polar surface area (TPSA) is 51.3 Å². The van der Waals surface area contributed by atoms with E-state index in [1.807, 2.05) is 11.7 Å². The van der Waals surface area contributed by atoms with Crippen molar-refractivity contribution in [3.8, 4) is 0 Å². The van der Waals surface area contributed by atoms with Gasteiger partial charge < -0.3 is 9.32 Å². The van der Waals surface area contributed by atoms with E-state index in [9.17, 15) is 18.0 Å². The zero-order chi connectivity index (χ0) is 20.6. The molecule has 5 nitrogen and oxygen atoms in total. The van der Waals surface area contributed by atoms with Crippen molar-refractivity contribution < 1.29 is 22.4 Å². The number of hydrogen-bond donors (Lipinski definition) is 0. The number of fused-ring (bicyclic) bond motifs is 1. The van der Waals surface area contributed by atoms with Gasteiger partial charge in [0.1, 0.15) is 5.76 Å². The Balaban J connectivity index is 1.62. The zero-order valence-corrected chi connectivity index (χ0v) is 15.9. The fourth-order valence-corrected chi connectivity index (χ4v) is 3.78. The van der Waals surface area contributed by atoms with Gasteiger partial charge in [-0.2, -0.15) is 18.3 Å². The van der Waals surface area contributed by atoms with E-state index >= 15 is 0 Å². The Morgan fingerprint density at radius 3 is 2.59 bits per heavy atom. The molecule has 0 N–H and O–H groups in total. The molecule has 4 rings (SSSR count). The van der Waals surface area contributed by atoms with Crippen molar-refractivity contribution in [2.75, 3.05) is 0 Å². The van der Waals surface area contributed by atoms with E-state index < -0.39 is 11.7 Å². The second-order valence-electron chi connectivity index (χ2n) is 7.16. The van der Waals surface area contributed by atoms with Crippen LogP contribution in [0.1, 0.15) is 45.1 Å². The molecule has 0 spiro atoms. The standard InChI is InChI=1S/C21H20F3N3O2/c1-26-19-6-2-5-17(19)18(25-26)13-27(12-16-4-3-11-29-16)20(28)14-7-9-15(10-8-14)21(22,23)24/h3-4,7-11H,2,5-6,12-13H2,1H3. The van der Waals surface area contributed by atoms with Crippen molar-refractivity contribution in [1.82, 2.24) is 14.7 Å². The van der Waals surface area contributed by atoms with Gasteiger partial charge in [-0.25, -0.2) is 0 Å². The Hall–Kier alpha value is -3.03. The fraction of sp³-hybridized carbons (Fsp3) is 0.333. The number of carbonyl (C=O) groups is 1. The highest BCUT2D eigenvalue weighted by Gasteiger charge is 2.31.